The summed E-state index contributed by atoms with van der Waals surface area (Å²) in [6.07, 6.45) is 7.54. The Morgan fingerprint density at radius 3 is 2.71 bits per heavy atom. The minimum atomic E-state index is 0.217. The maximum atomic E-state index is 13.2. The number of carbonyl (C=O) groups is 1. The van der Waals surface area contributed by atoms with Crippen molar-refractivity contribution in [2.45, 2.75) is 56.0 Å². The Morgan fingerprint density at radius 1 is 1.21 bits per heavy atom. The van der Waals surface area contributed by atoms with Crippen molar-refractivity contribution in [3.05, 3.63) is 41.0 Å². The van der Waals surface area contributed by atoms with Crippen LogP contribution in [0.4, 0.5) is 0 Å². The van der Waals surface area contributed by atoms with Crippen molar-refractivity contribution in [1.29, 1.82) is 0 Å². The van der Waals surface area contributed by atoms with E-state index in [4.69, 9.17) is 0 Å². The molecule has 3 nitrogen and oxygen atoms in total. The number of amides is 1. The predicted octanol–water partition coefficient (Wildman–Crippen LogP) is 4.34. The molecule has 3 aliphatic rings. The fourth-order valence-corrected chi connectivity index (χ4v) is 4.48. The van der Waals surface area contributed by atoms with Crippen molar-refractivity contribution >= 4 is 23.9 Å². The average molecular weight is 340 g/mol. The second kappa shape index (κ2) is 6.75. The number of thioether (sulfide) groups is 1. The summed E-state index contributed by atoms with van der Waals surface area (Å²) < 4.78 is 0. The Morgan fingerprint density at radius 2 is 2.00 bits per heavy atom. The van der Waals surface area contributed by atoms with Crippen LogP contribution < -0.4 is 0 Å². The number of aliphatic imine (C=N–C) groups is 1. The molecule has 0 N–H and O–H groups in total. The lowest BCUT2D eigenvalue weighted by Crippen LogP contribution is -2.43. The van der Waals surface area contributed by atoms with E-state index in [0.717, 1.165) is 50.0 Å². The molecule has 1 saturated carbocycles. The minimum Gasteiger partial charge on any atom is -0.332 e. The van der Waals surface area contributed by atoms with E-state index < -0.39 is 0 Å². The van der Waals surface area contributed by atoms with Crippen LogP contribution in [0.15, 0.2) is 45.3 Å². The number of hydrogen-bond acceptors (Lipinski definition) is 3. The van der Waals surface area contributed by atoms with Gasteiger partial charge in [-0.15, -0.1) is 11.8 Å². The fraction of sp³-hybridized carbons (Fsp3) is 0.500. The van der Waals surface area contributed by atoms with E-state index in [9.17, 15) is 4.79 Å². The Kier molecular flexibility index (Phi) is 4.49. The van der Waals surface area contributed by atoms with Crippen molar-refractivity contribution in [3.63, 3.8) is 0 Å². The summed E-state index contributed by atoms with van der Waals surface area (Å²) in [5.74, 6) is 1.28. The van der Waals surface area contributed by atoms with E-state index in [1.165, 1.54) is 16.0 Å². The quantitative estimate of drug-likeness (QED) is 0.747. The van der Waals surface area contributed by atoms with E-state index in [-0.39, 0.29) is 5.91 Å². The molecule has 0 saturated heterocycles. The second-order valence-electron chi connectivity index (χ2n) is 6.90. The van der Waals surface area contributed by atoms with Gasteiger partial charge in [0.15, 0.2) is 0 Å². The molecule has 0 radical (unpaired) electrons. The summed E-state index contributed by atoms with van der Waals surface area (Å²) in [7, 11) is 0. The van der Waals surface area contributed by atoms with Crippen LogP contribution in [-0.4, -0.2) is 41.4 Å². The average Bonchev–Trinajstić information content (AvgIpc) is 3.32. The third-order valence-corrected chi connectivity index (χ3v) is 6.09. The van der Waals surface area contributed by atoms with Crippen LogP contribution in [0.1, 0.15) is 49.4 Å². The number of rotatable bonds is 5. The van der Waals surface area contributed by atoms with Crippen molar-refractivity contribution in [1.82, 2.24) is 4.90 Å². The molecule has 1 heterocycles. The van der Waals surface area contributed by atoms with Gasteiger partial charge < -0.3 is 4.90 Å². The van der Waals surface area contributed by atoms with Crippen LogP contribution in [-0.2, 0) is 0 Å². The predicted molar refractivity (Wildman–Crippen MR) is 100 cm³/mol. The zero-order valence-electron chi connectivity index (χ0n) is 14.2. The van der Waals surface area contributed by atoms with E-state index in [1.807, 2.05) is 30.1 Å². The molecule has 0 spiro atoms. The summed E-state index contributed by atoms with van der Waals surface area (Å²) in [4.78, 5) is 21.0. The summed E-state index contributed by atoms with van der Waals surface area (Å²) in [5.41, 5.74) is 3.72. The molecule has 126 valence electrons. The first-order valence-electron chi connectivity index (χ1n) is 9.02. The number of benzene rings is 1. The molecule has 1 amide bonds. The largest absolute Gasteiger partial charge is 0.332 e. The highest BCUT2D eigenvalue weighted by Crippen LogP contribution is 2.37. The van der Waals surface area contributed by atoms with Gasteiger partial charge in [-0.25, -0.2) is 0 Å². The highest BCUT2D eigenvalue weighted by Gasteiger charge is 2.39. The van der Waals surface area contributed by atoms with Crippen LogP contribution in [0.25, 0.3) is 0 Å². The summed E-state index contributed by atoms with van der Waals surface area (Å²) in [5, 5.41) is 0. The third-order valence-electron chi connectivity index (χ3n) is 5.20. The van der Waals surface area contributed by atoms with Gasteiger partial charge in [0.05, 0.1) is 6.54 Å². The fourth-order valence-electron chi connectivity index (χ4n) is 3.82. The Hall–Kier alpha value is -1.55. The first-order valence-corrected chi connectivity index (χ1v) is 10.0. The lowest BCUT2D eigenvalue weighted by Gasteiger charge is -2.35. The molecule has 0 bridgehead atoms. The third kappa shape index (κ3) is 3.16. The van der Waals surface area contributed by atoms with Crippen molar-refractivity contribution in [2.24, 2.45) is 4.99 Å². The summed E-state index contributed by atoms with van der Waals surface area (Å²) in [6.45, 7) is 3.03. The van der Waals surface area contributed by atoms with Crippen LogP contribution in [0, 0.1) is 0 Å². The zero-order valence-corrected chi connectivity index (χ0v) is 15.0. The van der Waals surface area contributed by atoms with Gasteiger partial charge in [-0.2, -0.15) is 0 Å². The topological polar surface area (TPSA) is 32.7 Å². The zero-order chi connectivity index (χ0) is 16.5. The molecule has 1 atom stereocenters. The number of hydrogen-bond donors (Lipinski definition) is 0. The van der Waals surface area contributed by atoms with E-state index in [0.29, 0.717) is 12.1 Å². The smallest absolute Gasteiger partial charge is 0.254 e. The normalized spacial score (nSPS) is 22.6. The lowest BCUT2D eigenvalue weighted by atomic mass is 9.88. The van der Waals surface area contributed by atoms with Gasteiger partial charge in [-0.3, -0.25) is 9.79 Å². The second-order valence-corrected chi connectivity index (χ2v) is 8.23. The van der Waals surface area contributed by atoms with Gasteiger partial charge in [0, 0.05) is 28.8 Å². The monoisotopic (exact) mass is 340 g/mol. The molecule has 1 unspecified atom stereocenters. The van der Waals surface area contributed by atoms with Crippen molar-refractivity contribution in [2.75, 3.05) is 12.3 Å². The maximum Gasteiger partial charge on any atom is 0.254 e. The minimum absolute atomic E-state index is 0.217. The van der Waals surface area contributed by atoms with Gasteiger partial charge in [-0.1, -0.05) is 6.92 Å². The molecule has 24 heavy (non-hydrogen) atoms. The van der Waals surface area contributed by atoms with Crippen LogP contribution in [0.3, 0.4) is 0 Å². The molecule has 2 aliphatic carbocycles. The SMILES string of the molecule is CCSc1ccc(C(=O)N(C2CC2)C2CCC3=C(C=NC3)C2)cc1. The van der Waals surface area contributed by atoms with Crippen LogP contribution in [0.2, 0.25) is 0 Å². The molecule has 4 heteroatoms. The Balaban J connectivity index is 1.52. The maximum absolute atomic E-state index is 13.2. The van der Waals surface area contributed by atoms with E-state index in [1.54, 1.807) is 0 Å². The molecule has 0 aromatic heterocycles. The molecular weight excluding hydrogens is 316 g/mol. The number of carbonyl (C=O) groups excluding carboxylic acids is 1. The molecular formula is C20H24N2OS. The van der Waals surface area contributed by atoms with Gasteiger partial charge in [0.25, 0.3) is 5.91 Å². The first-order chi connectivity index (χ1) is 11.8. The van der Waals surface area contributed by atoms with Crippen LogP contribution >= 0.6 is 11.8 Å². The molecule has 1 fully saturated rings. The van der Waals surface area contributed by atoms with Crippen LogP contribution in [0.5, 0.6) is 0 Å². The molecule has 4 rings (SSSR count). The summed E-state index contributed by atoms with van der Waals surface area (Å²) >= 11 is 1.82. The van der Waals surface area contributed by atoms with E-state index >= 15 is 0 Å². The molecule has 1 aromatic rings. The Labute approximate surface area is 148 Å². The molecule has 1 aliphatic heterocycles. The molecule has 1 aromatic carbocycles. The highest BCUT2D eigenvalue weighted by molar-refractivity contribution is 7.99. The first kappa shape index (κ1) is 15.9. The van der Waals surface area contributed by atoms with Gasteiger partial charge >= 0.3 is 0 Å². The highest BCUT2D eigenvalue weighted by atomic mass is 32.2. The van der Waals surface area contributed by atoms with Gasteiger partial charge in [-0.05, 0) is 73.3 Å². The number of nitrogens with zero attached hydrogens (tertiary/aromatic N) is 2. The van der Waals surface area contributed by atoms with E-state index in [2.05, 4.69) is 28.9 Å². The standard InChI is InChI=1S/C20H24N2OS/c1-2-24-19-9-4-14(5-10-19)20(23)22(17-7-8-17)18-6-3-15-12-21-13-16(15)11-18/h4-5,9-10,13,17-18H,2-3,6-8,11-12H2,1H3. The summed E-state index contributed by atoms with van der Waals surface area (Å²) in [6, 6.07) is 8.96. The lowest BCUT2D eigenvalue weighted by molar-refractivity contribution is 0.0645. The van der Waals surface area contributed by atoms with Crippen molar-refractivity contribution in [3.8, 4) is 0 Å². The van der Waals surface area contributed by atoms with Crippen molar-refractivity contribution < 1.29 is 4.79 Å². The van der Waals surface area contributed by atoms with Gasteiger partial charge in [0.1, 0.15) is 0 Å². The Bertz CT molecular complexity index is 688. The van der Waals surface area contributed by atoms with Gasteiger partial charge in [0.2, 0.25) is 0 Å².